The van der Waals surface area contributed by atoms with Crippen molar-refractivity contribution < 1.29 is 9.53 Å². The first-order chi connectivity index (χ1) is 12.2. The molecule has 0 spiro atoms. The van der Waals surface area contributed by atoms with E-state index in [9.17, 15) is 4.79 Å². The largest absolute Gasteiger partial charge is 0.378 e. The normalized spacial score (nSPS) is 25.7. The quantitative estimate of drug-likeness (QED) is 0.886. The Balaban J connectivity index is 1.57. The molecule has 0 radical (unpaired) electrons. The summed E-state index contributed by atoms with van der Waals surface area (Å²) in [5, 5.41) is 12.3. The van der Waals surface area contributed by atoms with E-state index < -0.39 is 0 Å². The molecular weight excluding hydrogens is 312 g/mol. The highest BCUT2D eigenvalue weighted by Gasteiger charge is 2.29. The summed E-state index contributed by atoms with van der Waals surface area (Å²) in [6.07, 6.45) is 8.40. The van der Waals surface area contributed by atoms with Crippen molar-refractivity contribution in [3.63, 3.8) is 0 Å². The van der Waals surface area contributed by atoms with Crippen molar-refractivity contribution in [2.75, 3.05) is 6.61 Å². The van der Waals surface area contributed by atoms with Crippen molar-refractivity contribution in [1.82, 2.24) is 5.32 Å². The Morgan fingerprint density at radius 3 is 2.80 bits per heavy atom. The summed E-state index contributed by atoms with van der Waals surface area (Å²) >= 11 is 0. The van der Waals surface area contributed by atoms with Crippen LogP contribution in [0.3, 0.4) is 0 Å². The predicted molar refractivity (Wildman–Crippen MR) is 97.3 cm³/mol. The van der Waals surface area contributed by atoms with Crippen LogP contribution < -0.4 is 5.32 Å². The van der Waals surface area contributed by atoms with Gasteiger partial charge in [-0.15, -0.1) is 0 Å². The summed E-state index contributed by atoms with van der Waals surface area (Å²) in [5.41, 5.74) is 2.97. The van der Waals surface area contributed by atoms with Crippen molar-refractivity contribution in [3.05, 3.63) is 34.9 Å². The first-order valence-electron chi connectivity index (χ1n) is 9.66. The second-order valence-corrected chi connectivity index (χ2v) is 7.32. The van der Waals surface area contributed by atoms with E-state index in [2.05, 4.69) is 18.3 Å². The van der Waals surface area contributed by atoms with Gasteiger partial charge in [-0.25, -0.2) is 0 Å². The third-order valence-electron chi connectivity index (χ3n) is 5.48. The van der Waals surface area contributed by atoms with Crippen LogP contribution >= 0.6 is 0 Å². The van der Waals surface area contributed by atoms with Crippen LogP contribution in [0.25, 0.3) is 0 Å². The molecule has 3 rings (SSSR count). The van der Waals surface area contributed by atoms with Crippen molar-refractivity contribution >= 4 is 5.91 Å². The summed E-state index contributed by atoms with van der Waals surface area (Å²) < 4.78 is 5.83. The minimum absolute atomic E-state index is 0.0643. The minimum atomic E-state index is -0.0643. The Bertz CT molecular complexity index is 642. The molecule has 0 aromatic heterocycles. The number of hydrogen-bond donors (Lipinski definition) is 1. The average molecular weight is 340 g/mol. The molecule has 2 aliphatic carbocycles. The van der Waals surface area contributed by atoms with Gasteiger partial charge in [0.25, 0.3) is 0 Å². The minimum Gasteiger partial charge on any atom is -0.378 e. The van der Waals surface area contributed by atoms with Gasteiger partial charge in [-0.3, -0.25) is 4.79 Å². The van der Waals surface area contributed by atoms with Gasteiger partial charge in [0.1, 0.15) is 0 Å². The molecule has 1 fully saturated rings. The smallest absolute Gasteiger partial charge is 0.227 e. The first-order valence-corrected chi connectivity index (χ1v) is 9.66. The second-order valence-electron chi connectivity index (χ2n) is 7.32. The number of nitrogens with zero attached hydrogens (tertiary/aromatic N) is 1. The van der Waals surface area contributed by atoms with E-state index in [4.69, 9.17) is 10.00 Å². The Hall–Kier alpha value is -1.86. The lowest BCUT2D eigenvalue weighted by molar-refractivity contribution is -0.124. The monoisotopic (exact) mass is 340 g/mol. The summed E-state index contributed by atoms with van der Waals surface area (Å²) in [6.45, 7) is 2.97. The SMILES string of the molecule is CCCOC1CCC(NC(=O)C2CCCc3cc(C#N)ccc32)CC1. The van der Waals surface area contributed by atoms with E-state index in [1.165, 1.54) is 5.56 Å². The number of carbonyl (C=O) groups is 1. The van der Waals surface area contributed by atoms with Gasteiger partial charge in [-0.1, -0.05) is 13.0 Å². The maximum absolute atomic E-state index is 12.8. The summed E-state index contributed by atoms with van der Waals surface area (Å²) in [5.74, 6) is 0.0918. The fourth-order valence-corrected chi connectivity index (χ4v) is 4.12. The number of fused-ring (bicyclic) bond motifs is 1. The molecule has 0 aliphatic heterocycles. The van der Waals surface area contributed by atoms with Gasteiger partial charge < -0.3 is 10.1 Å². The number of nitriles is 1. The molecule has 1 N–H and O–H groups in total. The molecule has 25 heavy (non-hydrogen) atoms. The molecule has 1 unspecified atom stereocenters. The van der Waals surface area contributed by atoms with Crippen LogP contribution in [0.1, 0.15) is 74.5 Å². The zero-order valence-corrected chi connectivity index (χ0v) is 15.1. The number of ether oxygens (including phenoxy) is 1. The third-order valence-corrected chi connectivity index (χ3v) is 5.48. The maximum atomic E-state index is 12.8. The summed E-state index contributed by atoms with van der Waals surface area (Å²) in [4.78, 5) is 12.8. The molecule has 1 saturated carbocycles. The molecule has 4 nitrogen and oxygen atoms in total. The third kappa shape index (κ3) is 4.41. The lowest BCUT2D eigenvalue weighted by Crippen LogP contribution is -2.42. The summed E-state index contributed by atoms with van der Waals surface area (Å²) in [6, 6.07) is 8.23. The molecule has 0 bridgehead atoms. The van der Waals surface area contributed by atoms with Gasteiger partial charge in [0.05, 0.1) is 23.7 Å². The number of amides is 1. The van der Waals surface area contributed by atoms with E-state index in [-0.39, 0.29) is 17.9 Å². The lowest BCUT2D eigenvalue weighted by atomic mass is 9.81. The van der Waals surface area contributed by atoms with Crippen molar-refractivity contribution in [2.24, 2.45) is 0 Å². The van der Waals surface area contributed by atoms with Crippen LogP contribution in [0, 0.1) is 11.3 Å². The van der Waals surface area contributed by atoms with E-state index >= 15 is 0 Å². The lowest BCUT2D eigenvalue weighted by Gasteiger charge is -2.31. The zero-order chi connectivity index (χ0) is 17.6. The van der Waals surface area contributed by atoms with Crippen molar-refractivity contribution in [2.45, 2.75) is 76.4 Å². The summed E-state index contributed by atoms with van der Waals surface area (Å²) in [7, 11) is 0. The molecular formula is C21H28N2O2. The first kappa shape index (κ1) is 17.9. The number of benzene rings is 1. The van der Waals surface area contributed by atoms with Crippen LogP contribution in [-0.4, -0.2) is 24.7 Å². The fourth-order valence-electron chi connectivity index (χ4n) is 4.12. The van der Waals surface area contributed by atoms with Gasteiger partial charge in [0.2, 0.25) is 5.91 Å². The number of aryl methyl sites for hydroxylation is 1. The van der Waals surface area contributed by atoms with Gasteiger partial charge in [0, 0.05) is 12.6 Å². The molecule has 2 aliphatic rings. The number of rotatable bonds is 5. The van der Waals surface area contributed by atoms with Crippen LogP contribution in [0.4, 0.5) is 0 Å². The standard InChI is InChI=1S/C21H28N2O2/c1-2-12-25-18-9-7-17(8-10-18)23-21(24)20-5-3-4-16-13-15(14-22)6-11-19(16)20/h6,11,13,17-18,20H,2-5,7-10,12H2,1H3,(H,23,24). The van der Waals surface area contributed by atoms with Gasteiger partial charge in [-0.2, -0.15) is 5.26 Å². The fraction of sp³-hybridized carbons (Fsp3) is 0.619. The molecule has 0 heterocycles. The van der Waals surface area contributed by atoms with Gasteiger partial charge in [-0.05, 0) is 74.6 Å². The zero-order valence-electron chi connectivity index (χ0n) is 15.1. The molecule has 0 saturated heterocycles. The highest BCUT2D eigenvalue weighted by Crippen LogP contribution is 2.33. The predicted octanol–water partition coefficient (Wildman–Crippen LogP) is 3.83. The Morgan fingerprint density at radius 2 is 2.08 bits per heavy atom. The van der Waals surface area contributed by atoms with Crippen LogP contribution in [-0.2, 0) is 16.0 Å². The van der Waals surface area contributed by atoms with Crippen LogP contribution in [0.5, 0.6) is 0 Å². The van der Waals surface area contributed by atoms with E-state index in [1.54, 1.807) is 0 Å². The average Bonchev–Trinajstić information content (AvgIpc) is 2.66. The number of carbonyl (C=O) groups excluding carboxylic acids is 1. The molecule has 1 aromatic rings. The topological polar surface area (TPSA) is 62.1 Å². The van der Waals surface area contributed by atoms with Gasteiger partial charge >= 0.3 is 0 Å². The van der Waals surface area contributed by atoms with Crippen LogP contribution in [0.15, 0.2) is 18.2 Å². The highest BCUT2D eigenvalue weighted by atomic mass is 16.5. The molecule has 4 heteroatoms. The molecule has 1 aromatic carbocycles. The highest BCUT2D eigenvalue weighted by molar-refractivity contribution is 5.84. The van der Waals surface area contributed by atoms with E-state index in [1.807, 2.05) is 18.2 Å². The van der Waals surface area contributed by atoms with Crippen molar-refractivity contribution in [1.29, 1.82) is 5.26 Å². The van der Waals surface area contributed by atoms with E-state index in [0.717, 1.165) is 63.5 Å². The Kier molecular flexibility index (Phi) is 6.09. The Morgan fingerprint density at radius 1 is 1.28 bits per heavy atom. The maximum Gasteiger partial charge on any atom is 0.227 e. The van der Waals surface area contributed by atoms with Crippen LogP contribution in [0.2, 0.25) is 0 Å². The molecule has 1 atom stereocenters. The van der Waals surface area contributed by atoms with E-state index in [0.29, 0.717) is 11.7 Å². The number of hydrogen-bond acceptors (Lipinski definition) is 3. The Labute approximate surface area is 150 Å². The number of nitrogens with one attached hydrogen (secondary N) is 1. The molecule has 1 amide bonds. The molecule has 134 valence electrons. The van der Waals surface area contributed by atoms with Gasteiger partial charge in [0.15, 0.2) is 0 Å². The second kappa shape index (κ2) is 8.49. The van der Waals surface area contributed by atoms with Crippen molar-refractivity contribution in [3.8, 4) is 6.07 Å².